The Kier molecular flexibility index (Phi) is 6.55. The Morgan fingerprint density at radius 1 is 1.21 bits per heavy atom. The van der Waals surface area contributed by atoms with E-state index in [1.165, 1.54) is 0 Å². The summed E-state index contributed by atoms with van der Waals surface area (Å²) >= 11 is 0. The van der Waals surface area contributed by atoms with Crippen LogP contribution in [-0.2, 0) is 29.7 Å². The van der Waals surface area contributed by atoms with Gasteiger partial charge in [0.15, 0.2) is 0 Å². The van der Waals surface area contributed by atoms with Crippen LogP contribution in [0.25, 0.3) is 0 Å². The van der Waals surface area contributed by atoms with Gasteiger partial charge < -0.3 is 10.1 Å². The summed E-state index contributed by atoms with van der Waals surface area (Å²) < 4.78 is 7.60. The minimum absolute atomic E-state index is 0.0335. The molecule has 0 saturated heterocycles. The summed E-state index contributed by atoms with van der Waals surface area (Å²) in [5.41, 5.74) is 1.48. The Balaban J connectivity index is 1.91. The highest BCUT2D eigenvalue weighted by atomic mass is 16.5. The normalized spacial score (nSPS) is 11.5. The molecule has 0 bridgehead atoms. The summed E-state index contributed by atoms with van der Waals surface area (Å²) in [6.07, 6.45) is 3.36. The first-order valence-electron chi connectivity index (χ1n) is 8.48. The van der Waals surface area contributed by atoms with Crippen LogP contribution in [0.4, 0.5) is 0 Å². The monoisotopic (exact) mass is 329 g/mol. The number of carbonyl (C=O) groups is 1. The molecule has 1 aromatic carbocycles. The maximum absolute atomic E-state index is 12.7. The average molecular weight is 329 g/mol. The zero-order valence-corrected chi connectivity index (χ0v) is 14.8. The van der Waals surface area contributed by atoms with E-state index in [-0.39, 0.29) is 5.91 Å². The van der Waals surface area contributed by atoms with Crippen LogP contribution in [0, 0.1) is 5.41 Å². The van der Waals surface area contributed by atoms with E-state index in [0.29, 0.717) is 19.8 Å². The predicted octanol–water partition coefficient (Wildman–Crippen LogP) is 3.06. The molecule has 0 aliphatic carbocycles. The van der Waals surface area contributed by atoms with Crippen molar-refractivity contribution >= 4 is 5.91 Å². The van der Waals surface area contributed by atoms with Gasteiger partial charge >= 0.3 is 0 Å². The summed E-state index contributed by atoms with van der Waals surface area (Å²) in [5.74, 6) is 0.0335. The molecule has 2 rings (SSSR count). The Bertz CT molecular complexity index is 633. The number of aryl methyl sites for hydroxylation is 1. The van der Waals surface area contributed by atoms with Crippen molar-refractivity contribution in [2.75, 3.05) is 6.61 Å². The quantitative estimate of drug-likeness (QED) is 0.769. The number of rotatable bonds is 9. The predicted molar refractivity (Wildman–Crippen MR) is 94.2 cm³/mol. The van der Waals surface area contributed by atoms with Gasteiger partial charge in [-0.2, -0.15) is 5.10 Å². The molecule has 24 heavy (non-hydrogen) atoms. The first-order valence-corrected chi connectivity index (χ1v) is 8.48. The van der Waals surface area contributed by atoms with Gasteiger partial charge in [-0.25, -0.2) is 0 Å². The van der Waals surface area contributed by atoms with Crippen molar-refractivity contribution in [1.82, 2.24) is 15.1 Å². The fourth-order valence-electron chi connectivity index (χ4n) is 2.70. The minimum Gasteiger partial charge on any atom is -0.376 e. The number of benzene rings is 1. The van der Waals surface area contributed by atoms with E-state index in [1.54, 1.807) is 4.68 Å². The fraction of sp³-hybridized carbons (Fsp3) is 0.474. The summed E-state index contributed by atoms with van der Waals surface area (Å²) in [6, 6.07) is 11.9. The van der Waals surface area contributed by atoms with E-state index in [1.807, 2.05) is 63.5 Å². The van der Waals surface area contributed by atoms with Gasteiger partial charge in [-0.15, -0.1) is 0 Å². The highest BCUT2D eigenvalue weighted by Gasteiger charge is 2.35. The Labute approximate surface area is 144 Å². The molecule has 0 spiro atoms. The number of aromatic nitrogens is 2. The van der Waals surface area contributed by atoms with Crippen LogP contribution in [0.5, 0.6) is 0 Å². The maximum atomic E-state index is 12.7. The second-order valence-corrected chi connectivity index (χ2v) is 6.13. The standard InChI is InChI=1S/C19H27N3O2/c1-4-19(5-2,15-24-14-16-9-7-6-8-10-16)18(23)20-13-17-11-12-22(3)21-17/h6-12H,4-5,13-15H2,1-3H3,(H,20,23). The number of nitrogens with one attached hydrogen (secondary N) is 1. The molecular weight excluding hydrogens is 302 g/mol. The summed E-state index contributed by atoms with van der Waals surface area (Å²) in [7, 11) is 1.87. The molecule has 0 atom stereocenters. The molecule has 1 amide bonds. The number of ether oxygens (including phenoxy) is 1. The molecule has 5 heteroatoms. The Morgan fingerprint density at radius 3 is 2.50 bits per heavy atom. The number of hydrogen-bond donors (Lipinski definition) is 1. The summed E-state index contributed by atoms with van der Waals surface area (Å²) in [6.45, 7) is 5.46. The van der Waals surface area contributed by atoms with E-state index < -0.39 is 5.41 Å². The molecule has 0 aliphatic heterocycles. The average Bonchev–Trinajstić information content (AvgIpc) is 3.03. The molecule has 5 nitrogen and oxygen atoms in total. The fourth-order valence-corrected chi connectivity index (χ4v) is 2.70. The number of hydrogen-bond acceptors (Lipinski definition) is 3. The lowest BCUT2D eigenvalue weighted by atomic mass is 9.82. The Morgan fingerprint density at radius 2 is 1.92 bits per heavy atom. The van der Waals surface area contributed by atoms with Gasteiger partial charge in [0.2, 0.25) is 5.91 Å². The van der Waals surface area contributed by atoms with Crippen molar-refractivity contribution in [1.29, 1.82) is 0 Å². The van der Waals surface area contributed by atoms with Crippen molar-refractivity contribution in [3.05, 3.63) is 53.9 Å². The van der Waals surface area contributed by atoms with Crippen LogP contribution in [0.2, 0.25) is 0 Å². The maximum Gasteiger partial charge on any atom is 0.228 e. The molecule has 130 valence electrons. The van der Waals surface area contributed by atoms with Gasteiger partial charge in [-0.3, -0.25) is 9.48 Å². The highest BCUT2D eigenvalue weighted by molar-refractivity contribution is 5.82. The van der Waals surface area contributed by atoms with Crippen molar-refractivity contribution in [3.8, 4) is 0 Å². The highest BCUT2D eigenvalue weighted by Crippen LogP contribution is 2.27. The zero-order valence-electron chi connectivity index (χ0n) is 14.8. The smallest absolute Gasteiger partial charge is 0.228 e. The number of carbonyl (C=O) groups excluding carboxylic acids is 1. The van der Waals surface area contributed by atoms with Crippen LogP contribution in [-0.4, -0.2) is 22.3 Å². The van der Waals surface area contributed by atoms with E-state index in [0.717, 1.165) is 24.1 Å². The molecule has 1 aromatic heterocycles. The van der Waals surface area contributed by atoms with E-state index in [4.69, 9.17) is 4.74 Å². The Hall–Kier alpha value is -2.14. The topological polar surface area (TPSA) is 56.1 Å². The van der Waals surface area contributed by atoms with E-state index in [9.17, 15) is 4.79 Å². The second-order valence-electron chi connectivity index (χ2n) is 6.13. The number of amides is 1. The lowest BCUT2D eigenvalue weighted by molar-refractivity contribution is -0.136. The molecule has 1 heterocycles. The summed E-state index contributed by atoms with van der Waals surface area (Å²) in [4.78, 5) is 12.7. The van der Waals surface area contributed by atoms with Gasteiger partial charge in [0.1, 0.15) is 0 Å². The van der Waals surface area contributed by atoms with Gasteiger partial charge in [0.25, 0.3) is 0 Å². The summed E-state index contributed by atoms with van der Waals surface area (Å²) in [5, 5.41) is 7.30. The van der Waals surface area contributed by atoms with Gasteiger partial charge in [-0.05, 0) is 24.5 Å². The third-order valence-corrected chi connectivity index (χ3v) is 4.52. The molecular formula is C19H27N3O2. The first kappa shape index (κ1) is 18.2. The van der Waals surface area contributed by atoms with Gasteiger partial charge in [0.05, 0.1) is 30.9 Å². The molecule has 0 saturated carbocycles. The van der Waals surface area contributed by atoms with Crippen LogP contribution >= 0.6 is 0 Å². The number of nitrogens with zero attached hydrogens (tertiary/aromatic N) is 2. The van der Waals surface area contributed by atoms with E-state index in [2.05, 4.69) is 10.4 Å². The lowest BCUT2D eigenvalue weighted by Gasteiger charge is -2.30. The third-order valence-electron chi connectivity index (χ3n) is 4.52. The second kappa shape index (κ2) is 8.64. The lowest BCUT2D eigenvalue weighted by Crippen LogP contribution is -2.43. The molecule has 2 aromatic rings. The van der Waals surface area contributed by atoms with Crippen molar-refractivity contribution in [3.63, 3.8) is 0 Å². The molecule has 0 fully saturated rings. The van der Waals surface area contributed by atoms with Crippen molar-refractivity contribution in [2.24, 2.45) is 12.5 Å². The van der Waals surface area contributed by atoms with Crippen LogP contribution in [0.15, 0.2) is 42.6 Å². The van der Waals surface area contributed by atoms with Crippen LogP contribution in [0.3, 0.4) is 0 Å². The van der Waals surface area contributed by atoms with Gasteiger partial charge in [0, 0.05) is 13.2 Å². The molecule has 0 aliphatic rings. The van der Waals surface area contributed by atoms with Crippen LogP contribution < -0.4 is 5.32 Å². The third kappa shape index (κ3) is 4.68. The van der Waals surface area contributed by atoms with Crippen molar-refractivity contribution in [2.45, 2.75) is 39.8 Å². The van der Waals surface area contributed by atoms with Crippen LogP contribution in [0.1, 0.15) is 37.9 Å². The molecule has 0 unspecified atom stereocenters. The largest absolute Gasteiger partial charge is 0.376 e. The van der Waals surface area contributed by atoms with E-state index >= 15 is 0 Å². The molecule has 0 radical (unpaired) electrons. The van der Waals surface area contributed by atoms with Gasteiger partial charge in [-0.1, -0.05) is 44.2 Å². The minimum atomic E-state index is -0.496. The van der Waals surface area contributed by atoms with Crippen molar-refractivity contribution < 1.29 is 9.53 Å². The molecule has 1 N–H and O–H groups in total. The SMILES string of the molecule is CCC(CC)(COCc1ccccc1)C(=O)NCc1ccn(C)n1. The first-order chi connectivity index (χ1) is 11.6. The zero-order chi connectivity index (χ0) is 17.4.